The number of carbonyl (C=O) groups excluding carboxylic acids is 1. The molecule has 132 valence electrons. The van der Waals surface area contributed by atoms with Crippen molar-refractivity contribution in [2.24, 2.45) is 0 Å². The van der Waals surface area contributed by atoms with Gasteiger partial charge >= 0.3 is 0 Å². The van der Waals surface area contributed by atoms with E-state index >= 15 is 0 Å². The Labute approximate surface area is 157 Å². The molecule has 0 aliphatic carbocycles. The Hall–Kier alpha value is -3.53. The number of aryl methyl sites for hydroxylation is 2. The van der Waals surface area contributed by atoms with Crippen molar-refractivity contribution in [1.29, 1.82) is 0 Å². The van der Waals surface area contributed by atoms with Gasteiger partial charge in [-0.25, -0.2) is 0 Å². The number of nitrogens with one attached hydrogen (secondary N) is 1. The zero-order valence-electron chi connectivity index (χ0n) is 15.2. The van der Waals surface area contributed by atoms with Gasteiger partial charge in [0.05, 0.1) is 5.69 Å². The molecule has 4 heteroatoms. The predicted molar refractivity (Wildman–Crippen MR) is 109 cm³/mol. The number of rotatable bonds is 3. The monoisotopic (exact) mass is 353 g/mol. The van der Waals surface area contributed by atoms with E-state index in [0.717, 1.165) is 38.8 Å². The quantitative estimate of drug-likeness (QED) is 0.553. The van der Waals surface area contributed by atoms with Crippen LogP contribution in [0.25, 0.3) is 22.0 Å². The Morgan fingerprint density at radius 2 is 1.70 bits per heavy atom. The molecule has 0 unspecified atom stereocenters. The van der Waals surface area contributed by atoms with Gasteiger partial charge in [0.25, 0.3) is 5.91 Å². The third-order valence-corrected chi connectivity index (χ3v) is 4.65. The number of anilines is 1. The summed E-state index contributed by atoms with van der Waals surface area (Å²) in [6, 6.07) is 19.8. The molecule has 1 amide bonds. The normalized spacial score (nSPS) is 10.7. The van der Waals surface area contributed by atoms with Crippen LogP contribution in [0.5, 0.6) is 0 Å². The summed E-state index contributed by atoms with van der Waals surface area (Å²) >= 11 is 0. The lowest BCUT2D eigenvalue weighted by atomic mass is 9.99. The molecule has 27 heavy (non-hydrogen) atoms. The number of benzene rings is 2. The second kappa shape index (κ2) is 7.00. The minimum atomic E-state index is -0.214. The molecule has 4 rings (SSSR count). The summed E-state index contributed by atoms with van der Waals surface area (Å²) in [5.41, 5.74) is 5.02. The number of hydrogen-bond acceptors (Lipinski definition) is 3. The third-order valence-electron chi connectivity index (χ3n) is 4.65. The first kappa shape index (κ1) is 16.9. The van der Waals surface area contributed by atoms with Crippen molar-refractivity contribution in [3.63, 3.8) is 0 Å². The molecule has 0 bridgehead atoms. The van der Waals surface area contributed by atoms with Crippen molar-refractivity contribution >= 4 is 22.4 Å². The molecule has 2 aromatic carbocycles. The number of carbonyl (C=O) groups is 1. The number of amides is 1. The molecule has 0 radical (unpaired) electrons. The van der Waals surface area contributed by atoms with Gasteiger partial charge in [-0.1, -0.05) is 36.4 Å². The number of aromatic nitrogens is 2. The summed E-state index contributed by atoms with van der Waals surface area (Å²) in [7, 11) is 0. The van der Waals surface area contributed by atoms with Crippen LogP contribution < -0.4 is 5.32 Å². The molecule has 4 aromatic rings. The Bertz CT molecular complexity index is 1150. The van der Waals surface area contributed by atoms with Crippen molar-refractivity contribution in [2.45, 2.75) is 13.8 Å². The SMILES string of the molecule is Cc1ccc(NC(=O)c2ncccc2C)cc1-c1nccc2ccccc12. The molecule has 0 atom stereocenters. The van der Waals surface area contributed by atoms with Crippen molar-refractivity contribution < 1.29 is 4.79 Å². The van der Waals surface area contributed by atoms with E-state index in [1.165, 1.54) is 0 Å². The van der Waals surface area contributed by atoms with Crippen LogP contribution in [0.4, 0.5) is 5.69 Å². The lowest BCUT2D eigenvalue weighted by Gasteiger charge is -2.12. The topological polar surface area (TPSA) is 54.9 Å². The van der Waals surface area contributed by atoms with Gasteiger partial charge in [0, 0.05) is 29.0 Å². The maximum absolute atomic E-state index is 12.6. The largest absolute Gasteiger partial charge is 0.321 e. The van der Waals surface area contributed by atoms with E-state index in [1.54, 1.807) is 6.20 Å². The Balaban J connectivity index is 1.74. The van der Waals surface area contributed by atoms with E-state index in [4.69, 9.17) is 0 Å². The van der Waals surface area contributed by atoms with Crippen LogP contribution in [0, 0.1) is 13.8 Å². The number of hydrogen-bond donors (Lipinski definition) is 1. The summed E-state index contributed by atoms with van der Waals surface area (Å²) in [6.07, 6.45) is 3.45. The van der Waals surface area contributed by atoms with Gasteiger partial charge in [-0.3, -0.25) is 14.8 Å². The van der Waals surface area contributed by atoms with E-state index < -0.39 is 0 Å². The van der Waals surface area contributed by atoms with E-state index in [9.17, 15) is 4.79 Å². The van der Waals surface area contributed by atoms with Crippen LogP contribution in [0.15, 0.2) is 73.1 Å². The predicted octanol–water partition coefficient (Wildman–Crippen LogP) is 5.17. The van der Waals surface area contributed by atoms with Crippen molar-refractivity contribution in [3.8, 4) is 11.3 Å². The van der Waals surface area contributed by atoms with E-state index in [1.807, 2.05) is 68.6 Å². The van der Waals surface area contributed by atoms with Crippen LogP contribution in [0.3, 0.4) is 0 Å². The highest BCUT2D eigenvalue weighted by molar-refractivity contribution is 6.04. The first-order valence-corrected chi connectivity index (χ1v) is 8.81. The molecule has 0 fully saturated rings. The summed E-state index contributed by atoms with van der Waals surface area (Å²) in [5.74, 6) is -0.214. The van der Waals surface area contributed by atoms with E-state index in [-0.39, 0.29) is 5.91 Å². The van der Waals surface area contributed by atoms with Gasteiger partial charge in [-0.15, -0.1) is 0 Å². The summed E-state index contributed by atoms with van der Waals surface area (Å²) in [5, 5.41) is 5.18. The van der Waals surface area contributed by atoms with E-state index in [2.05, 4.69) is 27.4 Å². The average molecular weight is 353 g/mol. The van der Waals surface area contributed by atoms with Crippen LogP contribution in [-0.4, -0.2) is 15.9 Å². The van der Waals surface area contributed by atoms with Crippen molar-refractivity contribution in [2.75, 3.05) is 5.32 Å². The van der Waals surface area contributed by atoms with Gasteiger partial charge in [0.1, 0.15) is 5.69 Å². The van der Waals surface area contributed by atoms with Crippen molar-refractivity contribution in [1.82, 2.24) is 9.97 Å². The molecule has 4 nitrogen and oxygen atoms in total. The minimum Gasteiger partial charge on any atom is -0.321 e. The zero-order chi connectivity index (χ0) is 18.8. The third kappa shape index (κ3) is 3.29. The molecule has 0 saturated heterocycles. The van der Waals surface area contributed by atoms with Gasteiger partial charge in [-0.2, -0.15) is 0 Å². The van der Waals surface area contributed by atoms with Crippen molar-refractivity contribution in [3.05, 3.63) is 89.9 Å². The van der Waals surface area contributed by atoms with Crippen LogP contribution in [0.1, 0.15) is 21.6 Å². The maximum atomic E-state index is 12.6. The first-order chi connectivity index (χ1) is 13.1. The molecule has 2 aromatic heterocycles. The second-order valence-electron chi connectivity index (χ2n) is 6.53. The fourth-order valence-corrected chi connectivity index (χ4v) is 3.20. The Morgan fingerprint density at radius 1 is 0.852 bits per heavy atom. The Morgan fingerprint density at radius 3 is 2.56 bits per heavy atom. The summed E-state index contributed by atoms with van der Waals surface area (Å²) < 4.78 is 0. The summed E-state index contributed by atoms with van der Waals surface area (Å²) in [4.78, 5) is 21.4. The average Bonchev–Trinajstić information content (AvgIpc) is 2.69. The van der Waals surface area contributed by atoms with E-state index in [0.29, 0.717) is 5.69 Å². The molecule has 0 spiro atoms. The van der Waals surface area contributed by atoms with Crippen LogP contribution >= 0.6 is 0 Å². The van der Waals surface area contributed by atoms with Gasteiger partial charge < -0.3 is 5.32 Å². The zero-order valence-corrected chi connectivity index (χ0v) is 15.2. The summed E-state index contributed by atoms with van der Waals surface area (Å²) in [6.45, 7) is 3.93. The van der Waals surface area contributed by atoms with Gasteiger partial charge in [-0.05, 0) is 54.6 Å². The number of pyridine rings is 2. The first-order valence-electron chi connectivity index (χ1n) is 8.81. The lowest BCUT2D eigenvalue weighted by molar-refractivity contribution is 0.102. The number of fused-ring (bicyclic) bond motifs is 1. The second-order valence-corrected chi connectivity index (χ2v) is 6.53. The Kier molecular flexibility index (Phi) is 4.38. The highest BCUT2D eigenvalue weighted by atomic mass is 16.1. The molecular weight excluding hydrogens is 334 g/mol. The lowest BCUT2D eigenvalue weighted by Crippen LogP contribution is -2.15. The number of nitrogens with zero attached hydrogens (tertiary/aromatic N) is 2. The highest BCUT2D eigenvalue weighted by Crippen LogP contribution is 2.31. The highest BCUT2D eigenvalue weighted by Gasteiger charge is 2.13. The molecular formula is C23H19N3O. The smallest absolute Gasteiger partial charge is 0.274 e. The van der Waals surface area contributed by atoms with Gasteiger partial charge in [0.15, 0.2) is 0 Å². The van der Waals surface area contributed by atoms with Crippen LogP contribution in [-0.2, 0) is 0 Å². The molecule has 2 heterocycles. The van der Waals surface area contributed by atoms with Gasteiger partial charge in [0.2, 0.25) is 0 Å². The minimum absolute atomic E-state index is 0.214. The fourth-order valence-electron chi connectivity index (χ4n) is 3.20. The van der Waals surface area contributed by atoms with Crippen LogP contribution in [0.2, 0.25) is 0 Å². The molecule has 0 saturated carbocycles. The molecule has 0 aliphatic rings. The molecule has 0 aliphatic heterocycles. The maximum Gasteiger partial charge on any atom is 0.274 e. The molecule has 1 N–H and O–H groups in total. The standard InChI is InChI=1S/C23H19N3O/c1-15-9-10-18(26-23(27)21-16(2)6-5-12-24-21)14-20(15)22-19-8-4-3-7-17(19)11-13-25-22/h3-14H,1-2H3,(H,26,27). The fraction of sp³-hybridized carbons (Fsp3) is 0.0870.